The molecule has 1 unspecified atom stereocenters. The fourth-order valence-corrected chi connectivity index (χ4v) is 2.49. The summed E-state index contributed by atoms with van der Waals surface area (Å²) in [7, 11) is 0. The van der Waals surface area contributed by atoms with E-state index in [0.717, 1.165) is 18.1 Å². The van der Waals surface area contributed by atoms with Gasteiger partial charge in [0.1, 0.15) is 5.76 Å². The molecule has 3 nitrogen and oxygen atoms in total. The zero-order valence-corrected chi connectivity index (χ0v) is 9.69. The fraction of sp³-hybridized carbons (Fsp3) is 0.692. The summed E-state index contributed by atoms with van der Waals surface area (Å²) in [5.41, 5.74) is 0. The molecule has 1 saturated carbocycles. The predicted molar refractivity (Wildman–Crippen MR) is 63.0 cm³/mol. The second-order valence-electron chi connectivity index (χ2n) is 4.75. The van der Waals surface area contributed by atoms with Crippen LogP contribution in [0.2, 0.25) is 0 Å². The summed E-state index contributed by atoms with van der Waals surface area (Å²) in [5, 5.41) is 13.1. The molecule has 0 bridgehead atoms. The van der Waals surface area contributed by atoms with E-state index >= 15 is 0 Å². The van der Waals surface area contributed by atoms with Gasteiger partial charge in [0.2, 0.25) is 0 Å². The summed E-state index contributed by atoms with van der Waals surface area (Å²) in [6.45, 7) is 1.37. The maximum Gasteiger partial charge on any atom is 0.117 e. The molecule has 1 heterocycles. The van der Waals surface area contributed by atoms with Crippen molar-refractivity contribution in [1.82, 2.24) is 5.32 Å². The maximum atomic E-state index is 9.85. The van der Waals surface area contributed by atoms with Crippen LogP contribution in [0, 0.1) is 5.92 Å². The summed E-state index contributed by atoms with van der Waals surface area (Å²) in [5.74, 6) is 1.67. The van der Waals surface area contributed by atoms with E-state index in [2.05, 4.69) is 5.32 Å². The van der Waals surface area contributed by atoms with Gasteiger partial charge < -0.3 is 14.8 Å². The number of furan rings is 1. The highest BCUT2D eigenvalue weighted by Gasteiger charge is 2.18. The molecule has 1 aromatic rings. The van der Waals surface area contributed by atoms with Crippen LogP contribution in [0.1, 0.15) is 37.9 Å². The molecule has 0 saturated heterocycles. The molecule has 1 aliphatic rings. The van der Waals surface area contributed by atoms with E-state index in [9.17, 15) is 5.11 Å². The summed E-state index contributed by atoms with van der Waals surface area (Å²) in [6.07, 6.45) is 7.70. The molecule has 1 fully saturated rings. The Morgan fingerprint density at radius 2 is 2.25 bits per heavy atom. The first-order valence-electron chi connectivity index (χ1n) is 6.26. The summed E-state index contributed by atoms with van der Waals surface area (Å²) < 4.78 is 5.20. The first kappa shape index (κ1) is 11.7. The van der Waals surface area contributed by atoms with Gasteiger partial charge in [-0.25, -0.2) is 0 Å². The van der Waals surface area contributed by atoms with Gasteiger partial charge in [0.25, 0.3) is 0 Å². The minimum absolute atomic E-state index is 0.210. The van der Waals surface area contributed by atoms with Gasteiger partial charge in [0.05, 0.1) is 18.9 Å². The van der Waals surface area contributed by atoms with Crippen LogP contribution in [-0.2, 0) is 6.54 Å². The molecule has 0 spiro atoms. The van der Waals surface area contributed by atoms with Crippen LogP contribution in [0.25, 0.3) is 0 Å². The molecule has 16 heavy (non-hydrogen) atoms. The molecule has 2 N–H and O–H groups in total. The van der Waals surface area contributed by atoms with Crippen molar-refractivity contribution in [2.45, 2.75) is 44.8 Å². The Labute approximate surface area is 96.8 Å². The lowest BCUT2D eigenvalue weighted by atomic mass is 10.0. The Bertz CT molecular complexity index is 278. The molecule has 3 heteroatoms. The van der Waals surface area contributed by atoms with Crippen LogP contribution in [0.4, 0.5) is 0 Å². The van der Waals surface area contributed by atoms with Crippen molar-refractivity contribution < 1.29 is 9.52 Å². The third-order valence-corrected chi connectivity index (χ3v) is 3.34. The number of aliphatic hydroxyl groups is 1. The van der Waals surface area contributed by atoms with Gasteiger partial charge >= 0.3 is 0 Å². The monoisotopic (exact) mass is 223 g/mol. The van der Waals surface area contributed by atoms with E-state index < -0.39 is 0 Å². The van der Waals surface area contributed by atoms with Crippen LogP contribution < -0.4 is 5.32 Å². The molecule has 1 aliphatic carbocycles. The lowest BCUT2D eigenvalue weighted by Gasteiger charge is -2.15. The third-order valence-electron chi connectivity index (χ3n) is 3.34. The smallest absolute Gasteiger partial charge is 0.117 e. The normalized spacial score (nSPS) is 19.1. The Kier molecular flexibility index (Phi) is 4.43. The number of hydrogen-bond acceptors (Lipinski definition) is 3. The molecule has 2 rings (SSSR count). The Morgan fingerprint density at radius 1 is 1.44 bits per heavy atom. The molecular weight excluding hydrogens is 202 g/mol. The quantitative estimate of drug-likeness (QED) is 0.778. The largest absolute Gasteiger partial charge is 0.468 e. The zero-order chi connectivity index (χ0) is 11.2. The molecule has 1 atom stereocenters. The molecule has 90 valence electrons. The van der Waals surface area contributed by atoms with E-state index in [1.165, 1.54) is 25.7 Å². The van der Waals surface area contributed by atoms with Crippen LogP contribution in [0.5, 0.6) is 0 Å². The van der Waals surface area contributed by atoms with Gasteiger partial charge in [-0.15, -0.1) is 0 Å². The molecule has 0 amide bonds. The van der Waals surface area contributed by atoms with E-state index in [0.29, 0.717) is 13.1 Å². The van der Waals surface area contributed by atoms with Crippen LogP contribution in [0.3, 0.4) is 0 Å². The SMILES string of the molecule is OC(CNCc1ccco1)CC1CCCC1. The van der Waals surface area contributed by atoms with Crippen LogP contribution >= 0.6 is 0 Å². The number of hydrogen-bond donors (Lipinski definition) is 2. The average molecular weight is 223 g/mol. The van der Waals surface area contributed by atoms with E-state index in [1.807, 2.05) is 12.1 Å². The van der Waals surface area contributed by atoms with Crippen molar-refractivity contribution >= 4 is 0 Å². The number of nitrogens with one attached hydrogen (secondary N) is 1. The van der Waals surface area contributed by atoms with E-state index in [4.69, 9.17) is 4.42 Å². The van der Waals surface area contributed by atoms with Crippen molar-refractivity contribution in [2.24, 2.45) is 5.92 Å². The molecule has 1 aromatic heterocycles. The topological polar surface area (TPSA) is 45.4 Å². The van der Waals surface area contributed by atoms with Crippen molar-refractivity contribution in [3.8, 4) is 0 Å². The molecule has 0 aromatic carbocycles. The molecular formula is C13H21NO2. The van der Waals surface area contributed by atoms with Gasteiger partial charge in [-0.1, -0.05) is 25.7 Å². The van der Waals surface area contributed by atoms with Gasteiger partial charge in [-0.05, 0) is 24.5 Å². The Morgan fingerprint density at radius 3 is 2.94 bits per heavy atom. The maximum absolute atomic E-state index is 9.85. The van der Waals surface area contributed by atoms with E-state index in [-0.39, 0.29) is 6.10 Å². The highest BCUT2D eigenvalue weighted by molar-refractivity contribution is 4.97. The second kappa shape index (κ2) is 6.06. The highest BCUT2D eigenvalue weighted by atomic mass is 16.3. The van der Waals surface area contributed by atoms with Crippen molar-refractivity contribution in [2.75, 3.05) is 6.54 Å². The average Bonchev–Trinajstić information content (AvgIpc) is 2.90. The third kappa shape index (κ3) is 3.65. The van der Waals surface area contributed by atoms with Crippen LogP contribution in [0.15, 0.2) is 22.8 Å². The minimum atomic E-state index is -0.210. The van der Waals surface area contributed by atoms with Gasteiger partial charge in [0, 0.05) is 6.54 Å². The fourth-order valence-electron chi connectivity index (χ4n) is 2.49. The van der Waals surface area contributed by atoms with Gasteiger partial charge in [-0.3, -0.25) is 0 Å². The zero-order valence-electron chi connectivity index (χ0n) is 9.69. The van der Waals surface area contributed by atoms with Crippen LogP contribution in [-0.4, -0.2) is 17.8 Å². The summed E-state index contributed by atoms with van der Waals surface area (Å²) >= 11 is 0. The van der Waals surface area contributed by atoms with Crippen molar-refractivity contribution in [1.29, 1.82) is 0 Å². The number of rotatable bonds is 6. The molecule has 0 aliphatic heterocycles. The minimum Gasteiger partial charge on any atom is -0.468 e. The lowest BCUT2D eigenvalue weighted by molar-refractivity contribution is 0.140. The van der Waals surface area contributed by atoms with Crippen molar-refractivity contribution in [3.63, 3.8) is 0 Å². The summed E-state index contributed by atoms with van der Waals surface area (Å²) in [4.78, 5) is 0. The molecule has 0 radical (unpaired) electrons. The van der Waals surface area contributed by atoms with Crippen molar-refractivity contribution in [3.05, 3.63) is 24.2 Å². The Hall–Kier alpha value is -0.800. The number of aliphatic hydroxyl groups excluding tert-OH is 1. The predicted octanol–water partition coefficient (Wildman–Crippen LogP) is 2.31. The standard InChI is InChI=1S/C13H21NO2/c15-12(8-11-4-1-2-5-11)9-14-10-13-6-3-7-16-13/h3,6-7,11-12,14-15H,1-2,4-5,8-10H2. The first-order chi connectivity index (χ1) is 7.84. The van der Waals surface area contributed by atoms with Gasteiger partial charge in [0.15, 0.2) is 0 Å². The lowest BCUT2D eigenvalue weighted by Crippen LogP contribution is -2.27. The summed E-state index contributed by atoms with van der Waals surface area (Å²) in [6, 6.07) is 3.82. The second-order valence-corrected chi connectivity index (χ2v) is 4.75. The Balaban J connectivity index is 1.58. The first-order valence-corrected chi connectivity index (χ1v) is 6.26. The van der Waals surface area contributed by atoms with Gasteiger partial charge in [-0.2, -0.15) is 0 Å². The highest BCUT2D eigenvalue weighted by Crippen LogP contribution is 2.28. The van der Waals surface area contributed by atoms with E-state index in [1.54, 1.807) is 6.26 Å².